The lowest BCUT2D eigenvalue weighted by molar-refractivity contribution is 0.302. The number of anilines is 1. The monoisotopic (exact) mass is 271 g/mol. The number of hydrogen-bond donors (Lipinski definition) is 1. The molecule has 1 aliphatic heterocycles. The SMILES string of the molecule is CNC1(C)CCN(c2nc(Cl)nc(OC)n2)CC1. The van der Waals surface area contributed by atoms with Crippen LogP contribution in [-0.2, 0) is 0 Å². The fourth-order valence-electron chi connectivity index (χ4n) is 2.00. The Morgan fingerprint density at radius 1 is 1.28 bits per heavy atom. The minimum absolute atomic E-state index is 0.166. The van der Waals surface area contributed by atoms with Gasteiger partial charge in [0.15, 0.2) is 0 Å². The summed E-state index contributed by atoms with van der Waals surface area (Å²) in [6.07, 6.45) is 2.07. The summed E-state index contributed by atoms with van der Waals surface area (Å²) < 4.78 is 5.00. The van der Waals surface area contributed by atoms with E-state index in [4.69, 9.17) is 16.3 Å². The Balaban J connectivity index is 2.12. The number of nitrogens with one attached hydrogen (secondary N) is 1. The minimum Gasteiger partial charge on any atom is -0.467 e. The summed E-state index contributed by atoms with van der Waals surface area (Å²) in [5.41, 5.74) is 0.192. The topological polar surface area (TPSA) is 63.2 Å². The molecule has 1 aromatic rings. The van der Waals surface area contributed by atoms with Gasteiger partial charge in [-0.05, 0) is 38.4 Å². The Morgan fingerprint density at radius 2 is 1.94 bits per heavy atom. The summed E-state index contributed by atoms with van der Waals surface area (Å²) in [6.45, 7) is 4.01. The van der Waals surface area contributed by atoms with Gasteiger partial charge in [0.25, 0.3) is 0 Å². The number of nitrogens with zero attached hydrogens (tertiary/aromatic N) is 4. The van der Waals surface area contributed by atoms with Crippen LogP contribution in [0.25, 0.3) is 0 Å². The van der Waals surface area contributed by atoms with E-state index in [0.29, 0.717) is 5.95 Å². The first-order valence-corrected chi connectivity index (χ1v) is 6.33. The highest BCUT2D eigenvalue weighted by molar-refractivity contribution is 6.28. The molecule has 2 rings (SSSR count). The standard InChI is InChI=1S/C11H18ClN5O/c1-11(13-2)4-6-17(7-5-11)9-14-8(12)15-10(16-9)18-3/h13H,4-7H2,1-3H3. The van der Waals surface area contributed by atoms with Gasteiger partial charge < -0.3 is 15.0 Å². The lowest BCUT2D eigenvalue weighted by Crippen LogP contribution is -2.50. The number of methoxy groups -OCH3 is 1. The third-order valence-corrected chi connectivity index (χ3v) is 3.68. The number of aromatic nitrogens is 3. The molecule has 0 atom stereocenters. The molecule has 0 spiro atoms. The molecule has 0 saturated carbocycles. The second kappa shape index (κ2) is 5.24. The lowest BCUT2D eigenvalue weighted by atomic mass is 9.90. The molecule has 0 aliphatic carbocycles. The molecule has 1 fully saturated rings. The van der Waals surface area contributed by atoms with Crippen LogP contribution in [0.5, 0.6) is 6.01 Å². The van der Waals surface area contributed by atoms with Gasteiger partial charge >= 0.3 is 6.01 Å². The quantitative estimate of drug-likeness (QED) is 0.889. The minimum atomic E-state index is 0.166. The third-order valence-electron chi connectivity index (χ3n) is 3.51. The van der Waals surface area contributed by atoms with Crippen LogP contribution in [0, 0.1) is 0 Å². The second-order valence-electron chi connectivity index (χ2n) is 4.69. The van der Waals surface area contributed by atoms with E-state index in [1.807, 2.05) is 7.05 Å². The smallest absolute Gasteiger partial charge is 0.322 e. The van der Waals surface area contributed by atoms with Crippen LogP contribution in [0.1, 0.15) is 19.8 Å². The zero-order valence-electron chi connectivity index (χ0n) is 10.9. The Kier molecular flexibility index (Phi) is 3.87. The largest absolute Gasteiger partial charge is 0.467 e. The van der Waals surface area contributed by atoms with E-state index in [2.05, 4.69) is 32.1 Å². The van der Waals surface area contributed by atoms with Crippen molar-refractivity contribution in [1.29, 1.82) is 0 Å². The Morgan fingerprint density at radius 3 is 2.50 bits per heavy atom. The molecule has 0 aromatic carbocycles. The summed E-state index contributed by atoms with van der Waals surface area (Å²) in [5, 5.41) is 3.52. The maximum atomic E-state index is 5.85. The first kappa shape index (κ1) is 13.3. The molecular formula is C11H18ClN5O. The van der Waals surface area contributed by atoms with Gasteiger partial charge in [-0.15, -0.1) is 0 Å². The van der Waals surface area contributed by atoms with Crippen LogP contribution in [-0.4, -0.2) is 47.7 Å². The molecule has 6 nitrogen and oxygen atoms in total. The van der Waals surface area contributed by atoms with Crippen LogP contribution in [0.4, 0.5) is 5.95 Å². The number of piperidine rings is 1. The number of halogens is 1. The van der Waals surface area contributed by atoms with E-state index in [0.717, 1.165) is 25.9 Å². The van der Waals surface area contributed by atoms with Gasteiger partial charge in [-0.3, -0.25) is 0 Å². The fraction of sp³-hybridized carbons (Fsp3) is 0.727. The second-order valence-corrected chi connectivity index (χ2v) is 5.03. The van der Waals surface area contributed by atoms with E-state index < -0.39 is 0 Å². The first-order valence-electron chi connectivity index (χ1n) is 5.96. The maximum Gasteiger partial charge on any atom is 0.322 e. The molecule has 2 heterocycles. The van der Waals surface area contributed by atoms with Crippen molar-refractivity contribution in [3.63, 3.8) is 0 Å². The van der Waals surface area contributed by atoms with Crippen molar-refractivity contribution >= 4 is 17.5 Å². The van der Waals surface area contributed by atoms with E-state index in [1.165, 1.54) is 7.11 Å². The highest BCUT2D eigenvalue weighted by Gasteiger charge is 2.29. The number of ether oxygens (including phenoxy) is 1. The van der Waals surface area contributed by atoms with Crippen molar-refractivity contribution in [3.05, 3.63) is 5.28 Å². The first-order chi connectivity index (χ1) is 8.56. The van der Waals surface area contributed by atoms with Crippen molar-refractivity contribution in [2.24, 2.45) is 0 Å². The summed E-state index contributed by atoms with van der Waals surface area (Å²) in [6, 6.07) is 0.256. The Hall–Kier alpha value is -1.14. The molecule has 0 unspecified atom stereocenters. The van der Waals surface area contributed by atoms with E-state index in [9.17, 15) is 0 Å². The molecule has 1 saturated heterocycles. The lowest BCUT2D eigenvalue weighted by Gasteiger charge is -2.39. The van der Waals surface area contributed by atoms with Gasteiger partial charge in [-0.25, -0.2) is 0 Å². The molecule has 100 valence electrons. The summed E-state index contributed by atoms with van der Waals surface area (Å²) in [5.74, 6) is 0.588. The van der Waals surface area contributed by atoms with Crippen molar-refractivity contribution in [1.82, 2.24) is 20.3 Å². The summed E-state index contributed by atoms with van der Waals surface area (Å²) in [7, 11) is 3.52. The van der Waals surface area contributed by atoms with Crippen molar-refractivity contribution in [3.8, 4) is 6.01 Å². The van der Waals surface area contributed by atoms with E-state index in [1.54, 1.807) is 0 Å². The average molecular weight is 272 g/mol. The third kappa shape index (κ3) is 2.81. The number of rotatable bonds is 3. The Bertz CT molecular complexity index is 420. The van der Waals surface area contributed by atoms with Crippen LogP contribution in [0.3, 0.4) is 0 Å². The molecular weight excluding hydrogens is 254 g/mol. The summed E-state index contributed by atoms with van der Waals surface area (Å²) in [4.78, 5) is 14.4. The predicted molar refractivity (Wildman–Crippen MR) is 70.3 cm³/mol. The van der Waals surface area contributed by atoms with Gasteiger partial charge in [-0.1, -0.05) is 0 Å². The van der Waals surface area contributed by atoms with Crippen molar-refractivity contribution in [2.45, 2.75) is 25.3 Å². The molecule has 0 radical (unpaired) electrons. The van der Waals surface area contributed by atoms with E-state index >= 15 is 0 Å². The number of hydrogen-bond acceptors (Lipinski definition) is 6. The van der Waals surface area contributed by atoms with Crippen LogP contribution >= 0.6 is 11.6 Å². The van der Waals surface area contributed by atoms with Gasteiger partial charge in [-0.2, -0.15) is 15.0 Å². The molecule has 1 N–H and O–H groups in total. The highest BCUT2D eigenvalue weighted by Crippen LogP contribution is 2.24. The molecule has 1 aromatic heterocycles. The predicted octanol–water partition coefficient (Wildman–Crippen LogP) is 1.11. The zero-order valence-corrected chi connectivity index (χ0v) is 11.7. The fourth-order valence-corrected chi connectivity index (χ4v) is 2.15. The van der Waals surface area contributed by atoms with Gasteiger partial charge in [0, 0.05) is 18.6 Å². The molecule has 0 bridgehead atoms. The van der Waals surface area contributed by atoms with Crippen molar-refractivity contribution in [2.75, 3.05) is 32.1 Å². The normalized spacial score (nSPS) is 18.8. The van der Waals surface area contributed by atoms with Gasteiger partial charge in [0.1, 0.15) is 0 Å². The average Bonchev–Trinajstić information content (AvgIpc) is 2.39. The zero-order chi connectivity index (χ0) is 13.2. The highest BCUT2D eigenvalue weighted by atomic mass is 35.5. The Labute approximate surface area is 112 Å². The molecule has 1 aliphatic rings. The van der Waals surface area contributed by atoms with Crippen LogP contribution < -0.4 is 15.0 Å². The van der Waals surface area contributed by atoms with Crippen molar-refractivity contribution < 1.29 is 4.74 Å². The van der Waals surface area contributed by atoms with E-state index in [-0.39, 0.29) is 16.8 Å². The van der Waals surface area contributed by atoms with Gasteiger partial charge in [0.05, 0.1) is 7.11 Å². The molecule has 0 amide bonds. The van der Waals surface area contributed by atoms with Crippen LogP contribution in [0.15, 0.2) is 0 Å². The molecule has 18 heavy (non-hydrogen) atoms. The van der Waals surface area contributed by atoms with Crippen LogP contribution in [0.2, 0.25) is 5.28 Å². The van der Waals surface area contributed by atoms with Gasteiger partial charge in [0.2, 0.25) is 11.2 Å². The maximum absolute atomic E-state index is 5.85. The summed E-state index contributed by atoms with van der Waals surface area (Å²) >= 11 is 5.85. The molecule has 7 heteroatoms.